The quantitative estimate of drug-likeness (QED) is 0.743. The summed E-state index contributed by atoms with van der Waals surface area (Å²) in [5.41, 5.74) is 6.44. The number of nitrogens with two attached hydrogens (primary N) is 1. The van der Waals surface area contributed by atoms with Gasteiger partial charge in [-0.15, -0.1) is 0 Å². The van der Waals surface area contributed by atoms with E-state index in [2.05, 4.69) is 24.0 Å². The van der Waals surface area contributed by atoms with Crippen LogP contribution in [0.4, 0.5) is 0 Å². The summed E-state index contributed by atoms with van der Waals surface area (Å²) in [6.07, 6.45) is 5.38. The van der Waals surface area contributed by atoms with Gasteiger partial charge in [0.2, 0.25) is 5.89 Å². The molecule has 1 atom stereocenters. The van der Waals surface area contributed by atoms with Gasteiger partial charge in [-0.2, -0.15) is 4.98 Å². The smallest absolute Gasteiger partial charge is 0.223 e. The van der Waals surface area contributed by atoms with Gasteiger partial charge in [0.15, 0.2) is 5.82 Å². The van der Waals surface area contributed by atoms with Crippen LogP contribution in [-0.2, 0) is 5.54 Å². The third kappa shape index (κ3) is 2.26. The molecule has 1 aromatic rings. The highest BCUT2D eigenvalue weighted by atomic mass is 16.5. The Hall–Kier alpha value is -0.900. The third-order valence-electron chi connectivity index (χ3n) is 3.70. The summed E-state index contributed by atoms with van der Waals surface area (Å²) in [5, 5.41) is 3.99. The van der Waals surface area contributed by atoms with Gasteiger partial charge in [-0.1, -0.05) is 25.4 Å². The van der Waals surface area contributed by atoms with E-state index in [1.165, 1.54) is 6.42 Å². The van der Waals surface area contributed by atoms with Crippen molar-refractivity contribution < 1.29 is 4.52 Å². The maximum Gasteiger partial charge on any atom is 0.223 e. The summed E-state index contributed by atoms with van der Waals surface area (Å²) < 4.78 is 5.03. The Morgan fingerprint density at radius 2 is 1.94 bits per heavy atom. The van der Waals surface area contributed by atoms with Crippen LogP contribution in [0.1, 0.15) is 57.7 Å². The maximum atomic E-state index is 6.43. The molecular formula is C12H21N3O. The fourth-order valence-corrected chi connectivity index (χ4v) is 2.42. The van der Waals surface area contributed by atoms with Crippen LogP contribution < -0.4 is 5.73 Å². The van der Waals surface area contributed by atoms with Crippen LogP contribution in [0.15, 0.2) is 4.52 Å². The minimum atomic E-state index is -0.383. The SMILES string of the molecule is Cc1nc(C2(N)CCCC(C)(C)CC2)no1. The van der Waals surface area contributed by atoms with Crippen molar-refractivity contribution in [1.29, 1.82) is 0 Å². The molecule has 1 fully saturated rings. The Labute approximate surface area is 96.6 Å². The molecule has 1 aliphatic rings. The molecular weight excluding hydrogens is 202 g/mol. The number of hydrogen-bond donors (Lipinski definition) is 1. The van der Waals surface area contributed by atoms with Crippen molar-refractivity contribution in [3.8, 4) is 0 Å². The third-order valence-corrected chi connectivity index (χ3v) is 3.70. The zero-order valence-corrected chi connectivity index (χ0v) is 10.4. The van der Waals surface area contributed by atoms with Crippen LogP contribution in [0.25, 0.3) is 0 Å². The van der Waals surface area contributed by atoms with E-state index in [1.807, 2.05) is 0 Å². The lowest BCUT2D eigenvalue weighted by molar-refractivity contribution is 0.289. The minimum Gasteiger partial charge on any atom is -0.340 e. The number of aromatic nitrogens is 2. The van der Waals surface area contributed by atoms with Crippen molar-refractivity contribution in [2.45, 2.75) is 58.4 Å². The van der Waals surface area contributed by atoms with Crippen molar-refractivity contribution in [3.63, 3.8) is 0 Å². The van der Waals surface area contributed by atoms with Gasteiger partial charge in [-0.05, 0) is 31.1 Å². The largest absolute Gasteiger partial charge is 0.340 e. The van der Waals surface area contributed by atoms with E-state index in [9.17, 15) is 0 Å². The predicted octanol–water partition coefficient (Wildman–Crippen LogP) is 2.52. The van der Waals surface area contributed by atoms with Crippen molar-refractivity contribution in [2.75, 3.05) is 0 Å². The molecule has 0 spiro atoms. The standard InChI is InChI=1S/C12H21N3O/c1-9-14-10(15-16-9)12(13)6-4-5-11(2,3)7-8-12/h4-8,13H2,1-3H3. The molecule has 0 saturated heterocycles. The molecule has 1 aliphatic carbocycles. The van der Waals surface area contributed by atoms with Crippen molar-refractivity contribution >= 4 is 0 Å². The van der Waals surface area contributed by atoms with Gasteiger partial charge in [0.25, 0.3) is 0 Å². The van der Waals surface area contributed by atoms with E-state index in [0.717, 1.165) is 25.7 Å². The Kier molecular flexibility index (Phi) is 2.78. The summed E-state index contributed by atoms with van der Waals surface area (Å²) in [6, 6.07) is 0. The van der Waals surface area contributed by atoms with Crippen LogP contribution in [0.2, 0.25) is 0 Å². The van der Waals surface area contributed by atoms with Crippen molar-refractivity contribution in [2.24, 2.45) is 11.1 Å². The molecule has 0 bridgehead atoms. The Morgan fingerprint density at radius 3 is 2.56 bits per heavy atom. The molecule has 1 aromatic heterocycles. The molecule has 0 aromatic carbocycles. The van der Waals surface area contributed by atoms with Gasteiger partial charge < -0.3 is 10.3 Å². The number of aryl methyl sites for hydroxylation is 1. The number of rotatable bonds is 1. The van der Waals surface area contributed by atoms with Crippen LogP contribution in [0.3, 0.4) is 0 Å². The maximum absolute atomic E-state index is 6.43. The Bertz CT molecular complexity index is 372. The van der Waals surface area contributed by atoms with E-state index >= 15 is 0 Å². The molecule has 2 rings (SSSR count). The van der Waals surface area contributed by atoms with Crippen molar-refractivity contribution in [1.82, 2.24) is 10.1 Å². The van der Waals surface area contributed by atoms with Crippen LogP contribution in [0, 0.1) is 12.3 Å². The average Bonchev–Trinajstić information content (AvgIpc) is 2.57. The zero-order chi connectivity index (χ0) is 11.8. The summed E-state index contributed by atoms with van der Waals surface area (Å²) in [6.45, 7) is 6.42. The van der Waals surface area contributed by atoms with Gasteiger partial charge in [-0.3, -0.25) is 0 Å². The monoisotopic (exact) mass is 223 g/mol. The molecule has 90 valence electrons. The van der Waals surface area contributed by atoms with Gasteiger partial charge in [0, 0.05) is 6.92 Å². The van der Waals surface area contributed by atoms with Gasteiger partial charge >= 0.3 is 0 Å². The molecule has 4 heteroatoms. The zero-order valence-electron chi connectivity index (χ0n) is 10.4. The van der Waals surface area contributed by atoms with Gasteiger partial charge in [0.05, 0.1) is 5.54 Å². The number of nitrogens with zero attached hydrogens (tertiary/aromatic N) is 2. The first-order valence-corrected chi connectivity index (χ1v) is 6.01. The van der Waals surface area contributed by atoms with Gasteiger partial charge in [0.1, 0.15) is 0 Å². The summed E-state index contributed by atoms with van der Waals surface area (Å²) in [7, 11) is 0. The normalized spacial score (nSPS) is 30.0. The molecule has 1 unspecified atom stereocenters. The Morgan fingerprint density at radius 1 is 1.19 bits per heavy atom. The first-order chi connectivity index (χ1) is 7.41. The first-order valence-electron chi connectivity index (χ1n) is 6.01. The highest BCUT2D eigenvalue weighted by molar-refractivity contribution is 5.05. The molecule has 0 radical (unpaired) electrons. The second kappa shape index (κ2) is 3.84. The molecule has 0 aliphatic heterocycles. The topological polar surface area (TPSA) is 64.9 Å². The molecule has 4 nitrogen and oxygen atoms in total. The highest BCUT2D eigenvalue weighted by Crippen LogP contribution is 2.40. The van der Waals surface area contributed by atoms with Gasteiger partial charge in [-0.25, -0.2) is 0 Å². The van der Waals surface area contributed by atoms with Crippen LogP contribution >= 0.6 is 0 Å². The number of hydrogen-bond acceptors (Lipinski definition) is 4. The second-order valence-corrected chi connectivity index (χ2v) is 5.81. The highest BCUT2D eigenvalue weighted by Gasteiger charge is 2.37. The fourth-order valence-electron chi connectivity index (χ4n) is 2.42. The minimum absolute atomic E-state index is 0.383. The lowest BCUT2D eigenvalue weighted by atomic mass is 9.83. The van der Waals surface area contributed by atoms with Crippen LogP contribution in [-0.4, -0.2) is 10.1 Å². The molecule has 1 saturated carbocycles. The van der Waals surface area contributed by atoms with E-state index in [0.29, 0.717) is 17.1 Å². The summed E-state index contributed by atoms with van der Waals surface area (Å²) in [5.74, 6) is 1.28. The predicted molar refractivity (Wildman–Crippen MR) is 61.8 cm³/mol. The second-order valence-electron chi connectivity index (χ2n) is 5.81. The van der Waals surface area contributed by atoms with E-state index in [4.69, 9.17) is 10.3 Å². The molecule has 2 N–H and O–H groups in total. The summed E-state index contributed by atoms with van der Waals surface area (Å²) >= 11 is 0. The van der Waals surface area contributed by atoms with E-state index < -0.39 is 0 Å². The lowest BCUT2D eigenvalue weighted by Crippen LogP contribution is -2.37. The first kappa shape index (κ1) is 11.6. The summed E-state index contributed by atoms with van der Waals surface area (Å²) in [4.78, 5) is 4.29. The van der Waals surface area contributed by atoms with Crippen LogP contribution in [0.5, 0.6) is 0 Å². The van der Waals surface area contributed by atoms with Crippen molar-refractivity contribution in [3.05, 3.63) is 11.7 Å². The molecule has 16 heavy (non-hydrogen) atoms. The lowest BCUT2D eigenvalue weighted by Gasteiger charge is -2.25. The fraction of sp³-hybridized carbons (Fsp3) is 0.833. The van der Waals surface area contributed by atoms with E-state index in [1.54, 1.807) is 6.92 Å². The van der Waals surface area contributed by atoms with E-state index in [-0.39, 0.29) is 5.54 Å². The Balaban J connectivity index is 2.19. The molecule has 1 heterocycles. The molecule has 0 amide bonds. The average molecular weight is 223 g/mol.